The molecular formula is C23H40F3N. The summed E-state index contributed by atoms with van der Waals surface area (Å²) in [6.07, 6.45) is 17.9. The molecule has 27 heavy (non-hydrogen) atoms. The van der Waals surface area contributed by atoms with Crippen LogP contribution in [0.25, 0.3) is 0 Å². The maximum Gasteiger partial charge on any atom is 0.431 e. The molecule has 0 saturated heterocycles. The Morgan fingerprint density at radius 2 is 1.07 bits per heavy atom. The van der Waals surface area contributed by atoms with Gasteiger partial charge in [-0.1, -0.05) is 103 Å². The predicted molar refractivity (Wildman–Crippen MR) is 109 cm³/mol. The zero-order chi connectivity index (χ0) is 19.8. The highest BCUT2D eigenvalue weighted by Gasteiger charge is 2.33. The first-order chi connectivity index (χ1) is 13.1. The van der Waals surface area contributed by atoms with Crippen LogP contribution in [0.15, 0.2) is 18.3 Å². The van der Waals surface area contributed by atoms with E-state index in [1.54, 1.807) is 0 Å². The average Bonchev–Trinajstić information content (AvgIpc) is 3.10. The minimum Gasteiger partial charge on any atom is -0.344 e. The second kappa shape index (κ2) is 15.0. The zero-order valence-corrected chi connectivity index (χ0v) is 17.3. The van der Waals surface area contributed by atoms with Gasteiger partial charge >= 0.3 is 6.18 Å². The van der Waals surface area contributed by atoms with Crippen LogP contribution in [-0.4, -0.2) is 4.57 Å². The van der Waals surface area contributed by atoms with E-state index < -0.39 is 11.9 Å². The molecule has 0 amide bonds. The first-order valence-electron chi connectivity index (χ1n) is 11.3. The lowest BCUT2D eigenvalue weighted by Gasteiger charge is -2.11. The van der Waals surface area contributed by atoms with Crippen LogP contribution in [0, 0.1) is 0 Å². The quantitative estimate of drug-likeness (QED) is 0.235. The van der Waals surface area contributed by atoms with Gasteiger partial charge in [0.2, 0.25) is 0 Å². The van der Waals surface area contributed by atoms with Crippen LogP contribution in [0.1, 0.15) is 115 Å². The molecule has 1 heterocycles. The summed E-state index contributed by atoms with van der Waals surface area (Å²) in [6.45, 7) is 2.73. The third-order valence-corrected chi connectivity index (χ3v) is 5.37. The Balaban J connectivity index is 1.84. The minimum absolute atomic E-state index is 0.473. The molecule has 4 heteroatoms. The first kappa shape index (κ1) is 24.1. The predicted octanol–water partition coefficient (Wildman–Crippen LogP) is 8.77. The summed E-state index contributed by atoms with van der Waals surface area (Å²) in [7, 11) is 0. The molecule has 0 N–H and O–H groups in total. The maximum atomic E-state index is 12.8. The van der Waals surface area contributed by atoms with Gasteiger partial charge in [0.25, 0.3) is 0 Å². The molecule has 158 valence electrons. The highest BCUT2D eigenvalue weighted by molar-refractivity contribution is 5.10. The molecule has 1 rings (SSSR count). The summed E-state index contributed by atoms with van der Waals surface area (Å²) in [4.78, 5) is 0. The van der Waals surface area contributed by atoms with Gasteiger partial charge in [-0.15, -0.1) is 0 Å². The van der Waals surface area contributed by atoms with E-state index in [1.165, 1.54) is 100 Å². The summed E-state index contributed by atoms with van der Waals surface area (Å²) >= 11 is 0. The monoisotopic (exact) mass is 387 g/mol. The number of unbranched alkanes of at least 4 members (excludes halogenated alkanes) is 15. The Kier molecular flexibility index (Phi) is 13.4. The van der Waals surface area contributed by atoms with E-state index >= 15 is 0 Å². The van der Waals surface area contributed by atoms with Crippen LogP contribution >= 0.6 is 0 Å². The Morgan fingerprint density at radius 3 is 1.48 bits per heavy atom. The van der Waals surface area contributed by atoms with E-state index in [4.69, 9.17) is 0 Å². The van der Waals surface area contributed by atoms with Crippen molar-refractivity contribution in [1.82, 2.24) is 4.57 Å². The van der Waals surface area contributed by atoms with Gasteiger partial charge < -0.3 is 4.57 Å². The zero-order valence-electron chi connectivity index (χ0n) is 17.3. The number of hydrogen-bond acceptors (Lipinski definition) is 0. The largest absolute Gasteiger partial charge is 0.431 e. The fraction of sp³-hybridized carbons (Fsp3) is 0.826. The highest BCUT2D eigenvalue weighted by Crippen LogP contribution is 2.29. The molecule has 0 aromatic carbocycles. The molecule has 0 aliphatic rings. The van der Waals surface area contributed by atoms with Crippen LogP contribution in [-0.2, 0) is 12.7 Å². The molecule has 0 aliphatic carbocycles. The van der Waals surface area contributed by atoms with Gasteiger partial charge in [-0.3, -0.25) is 0 Å². The molecule has 0 fully saturated rings. The average molecular weight is 388 g/mol. The van der Waals surface area contributed by atoms with Crippen LogP contribution in [0.5, 0.6) is 0 Å². The SMILES string of the molecule is CCCCCCCCCCCCCCCCCCn1cccc1C(F)(F)F. The van der Waals surface area contributed by atoms with Crippen LogP contribution in [0.2, 0.25) is 0 Å². The van der Waals surface area contributed by atoms with Gasteiger partial charge in [0.05, 0.1) is 0 Å². The molecular weight excluding hydrogens is 347 g/mol. The molecule has 1 nitrogen and oxygen atoms in total. The molecule has 0 radical (unpaired) electrons. The van der Waals surface area contributed by atoms with Crippen molar-refractivity contribution in [2.45, 2.75) is 122 Å². The van der Waals surface area contributed by atoms with Gasteiger partial charge in [0.15, 0.2) is 0 Å². The number of aryl methyl sites for hydroxylation is 1. The van der Waals surface area contributed by atoms with E-state index in [1.807, 2.05) is 0 Å². The Hall–Kier alpha value is -0.930. The lowest BCUT2D eigenvalue weighted by atomic mass is 10.0. The number of aromatic nitrogens is 1. The summed E-state index contributed by atoms with van der Waals surface area (Å²) < 4.78 is 39.6. The van der Waals surface area contributed by atoms with Crippen LogP contribution in [0.3, 0.4) is 0 Å². The van der Waals surface area contributed by atoms with Gasteiger partial charge in [-0.2, -0.15) is 13.2 Å². The molecule has 1 aromatic rings. The number of nitrogens with zero attached hydrogens (tertiary/aromatic N) is 1. The van der Waals surface area contributed by atoms with Crippen molar-refractivity contribution in [3.05, 3.63) is 24.0 Å². The Morgan fingerprint density at radius 1 is 0.667 bits per heavy atom. The summed E-state index contributed by atoms with van der Waals surface area (Å²) in [5.74, 6) is 0. The molecule has 0 unspecified atom stereocenters. The highest BCUT2D eigenvalue weighted by atomic mass is 19.4. The molecule has 0 spiro atoms. The third-order valence-electron chi connectivity index (χ3n) is 5.37. The topological polar surface area (TPSA) is 4.93 Å². The van der Waals surface area contributed by atoms with Gasteiger partial charge in [-0.05, 0) is 18.6 Å². The van der Waals surface area contributed by atoms with Crippen LogP contribution in [0.4, 0.5) is 13.2 Å². The van der Waals surface area contributed by atoms with Crippen LogP contribution < -0.4 is 0 Å². The van der Waals surface area contributed by atoms with Crippen molar-refractivity contribution < 1.29 is 13.2 Å². The van der Waals surface area contributed by atoms with Crippen molar-refractivity contribution in [2.24, 2.45) is 0 Å². The standard InChI is InChI=1S/C23H40F3N/c1-2-3-4-5-6-7-8-9-10-11-12-13-14-15-16-17-20-27-21-18-19-22(27)23(24,25)26/h18-19,21H,2-17,20H2,1H3. The number of rotatable bonds is 17. The second-order valence-corrected chi connectivity index (χ2v) is 7.89. The Labute approximate surface area is 164 Å². The lowest BCUT2D eigenvalue weighted by Crippen LogP contribution is -2.13. The molecule has 0 saturated carbocycles. The van der Waals surface area contributed by atoms with Crippen molar-refractivity contribution in [3.8, 4) is 0 Å². The van der Waals surface area contributed by atoms with Gasteiger partial charge in [0, 0.05) is 12.7 Å². The Bertz CT molecular complexity index is 451. The number of halogens is 3. The smallest absolute Gasteiger partial charge is 0.344 e. The van der Waals surface area contributed by atoms with E-state index in [2.05, 4.69) is 6.92 Å². The van der Waals surface area contributed by atoms with Crippen molar-refractivity contribution in [3.63, 3.8) is 0 Å². The molecule has 0 bridgehead atoms. The maximum absolute atomic E-state index is 12.8. The first-order valence-corrected chi connectivity index (χ1v) is 11.3. The van der Waals surface area contributed by atoms with Crippen molar-refractivity contribution >= 4 is 0 Å². The van der Waals surface area contributed by atoms with Gasteiger partial charge in [0.1, 0.15) is 5.69 Å². The van der Waals surface area contributed by atoms with Crippen molar-refractivity contribution in [2.75, 3.05) is 0 Å². The number of alkyl halides is 3. The normalized spacial score (nSPS) is 12.0. The minimum atomic E-state index is -4.24. The summed E-state index contributed by atoms with van der Waals surface area (Å²) in [5.41, 5.74) is -0.525. The van der Waals surface area contributed by atoms with Gasteiger partial charge in [-0.25, -0.2) is 0 Å². The molecule has 0 atom stereocenters. The molecule has 1 aromatic heterocycles. The fourth-order valence-corrected chi connectivity index (χ4v) is 3.70. The van der Waals surface area contributed by atoms with E-state index in [-0.39, 0.29) is 0 Å². The van der Waals surface area contributed by atoms with E-state index in [0.29, 0.717) is 6.54 Å². The second-order valence-electron chi connectivity index (χ2n) is 7.89. The van der Waals surface area contributed by atoms with E-state index in [0.717, 1.165) is 25.3 Å². The fourth-order valence-electron chi connectivity index (χ4n) is 3.70. The summed E-state index contributed by atoms with van der Waals surface area (Å²) in [6, 6.07) is 2.64. The van der Waals surface area contributed by atoms with E-state index in [9.17, 15) is 13.2 Å². The summed E-state index contributed by atoms with van der Waals surface area (Å²) in [5, 5.41) is 0. The third kappa shape index (κ3) is 12.2. The number of hydrogen-bond donors (Lipinski definition) is 0. The van der Waals surface area contributed by atoms with Crippen molar-refractivity contribution in [1.29, 1.82) is 0 Å². The molecule has 0 aliphatic heterocycles. The lowest BCUT2D eigenvalue weighted by molar-refractivity contribution is -0.143.